The number of nitro groups is 1. The predicted octanol–water partition coefficient (Wildman–Crippen LogP) is 1.02. The Kier molecular flexibility index (Phi) is 5.02. The third kappa shape index (κ3) is 4.29. The Labute approximate surface area is 113 Å². The maximum Gasteiger partial charge on any atom is 0.342 e. The molecule has 0 unspecified atom stereocenters. The quantitative estimate of drug-likeness (QED) is 0.589. The van der Waals surface area contributed by atoms with Crippen LogP contribution in [-0.2, 0) is 6.54 Å². The number of nitrogens with zero attached hydrogens (tertiary/aromatic N) is 4. The summed E-state index contributed by atoms with van der Waals surface area (Å²) < 4.78 is 1.63. The molecule has 2 N–H and O–H groups in total. The lowest BCUT2D eigenvalue weighted by molar-refractivity contribution is -0.392. The molecule has 0 aliphatic carbocycles. The zero-order valence-corrected chi connectivity index (χ0v) is 12.1. The zero-order valence-electron chi connectivity index (χ0n) is 12.1. The van der Waals surface area contributed by atoms with Crippen molar-refractivity contribution >= 4 is 5.82 Å². The van der Waals surface area contributed by atoms with E-state index in [1.54, 1.807) is 11.5 Å². The topological polar surface area (TPSA) is 90.2 Å². The maximum atomic E-state index is 10.9. The third-order valence-corrected chi connectivity index (χ3v) is 3.18. The lowest BCUT2D eigenvalue weighted by Crippen LogP contribution is -2.38. The molecular formula is C12H23N5O2. The fraction of sp³-hybridized carbons (Fsp3) is 0.750. The third-order valence-electron chi connectivity index (χ3n) is 3.18. The Morgan fingerprint density at radius 2 is 2.21 bits per heavy atom. The second kappa shape index (κ2) is 6.12. The van der Waals surface area contributed by atoms with Crippen molar-refractivity contribution in [2.75, 3.05) is 26.7 Å². The van der Waals surface area contributed by atoms with E-state index in [-0.39, 0.29) is 11.2 Å². The maximum absolute atomic E-state index is 10.9. The van der Waals surface area contributed by atoms with Crippen LogP contribution in [0.15, 0.2) is 6.20 Å². The van der Waals surface area contributed by atoms with Gasteiger partial charge in [0.05, 0.1) is 0 Å². The molecule has 0 spiro atoms. The van der Waals surface area contributed by atoms with Gasteiger partial charge in [0.15, 0.2) is 5.82 Å². The highest BCUT2D eigenvalue weighted by Crippen LogP contribution is 2.16. The lowest BCUT2D eigenvalue weighted by atomic mass is 9.93. The molecule has 0 aliphatic heterocycles. The number of hydrogen-bond acceptors (Lipinski definition) is 5. The van der Waals surface area contributed by atoms with Gasteiger partial charge >= 0.3 is 5.82 Å². The van der Waals surface area contributed by atoms with Crippen LogP contribution in [0, 0.1) is 22.5 Å². The average molecular weight is 269 g/mol. The molecule has 0 bridgehead atoms. The molecule has 0 saturated heterocycles. The Morgan fingerprint density at radius 1 is 1.58 bits per heavy atom. The van der Waals surface area contributed by atoms with Crippen LogP contribution in [0.25, 0.3) is 0 Å². The highest BCUT2D eigenvalue weighted by atomic mass is 16.6. The number of imidazole rings is 1. The van der Waals surface area contributed by atoms with Crippen LogP contribution < -0.4 is 5.73 Å². The second-order valence-corrected chi connectivity index (χ2v) is 5.68. The van der Waals surface area contributed by atoms with Crippen molar-refractivity contribution in [1.82, 2.24) is 14.5 Å². The van der Waals surface area contributed by atoms with E-state index in [4.69, 9.17) is 5.73 Å². The van der Waals surface area contributed by atoms with Gasteiger partial charge in [-0.3, -0.25) is 0 Å². The largest absolute Gasteiger partial charge is 0.358 e. The minimum Gasteiger partial charge on any atom is -0.358 e. The minimum atomic E-state index is -0.399. The summed E-state index contributed by atoms with van der Waals surface area (Å²) in [5, 5.41) is 10.9. The van der Waals surface area contributed by atoms with Crippen molar-refractivity contribution in [2.24, 2.45) is 11.1 Å². The summed E-state index contributed by atoms with van der Waals surface area (Å²) in [6, 6.07) is 0. The monoisotopic (exact) mass is 269 g/mol. The summed E-state index contributed by atoms with van der Waals surface area (Å²) in [6.45, 7) is 8.73. The van der Waals surface area contributed by atoms with Crippen LogP contribution in [-0.4, -0.2) is 46.1 Å². The van der Waals surface area contributed by atoms with Crippen LogP contribution in [0.2, 0.25) is 0 Å². The molecule has 1 aromatic rings. The second-order valence-electron chi connectivity index (χ2n) is 5.68. The van der Waals surface area contributed by atoms with Crippen molar-refractivity contribution in [1.29, 1.82) is 0 Å². The number of likely N-dealkylation sites (N-methyl/N-ethyl adjacent to an activating group) is 1. The molecule has 0 aliphatic rings. The van der Waals surface area contributed by atoms with Gasteiger partial charge in [-0.15, -0.1) is 0 Å². The van der Waals surface area contributed by atoms with Gasteiger partial charge in [0.25, 0.3) is 0 Å². The summed E-state index contributed by atoms with van der Waals surface area (Å²) >= 11 is 0. The molecule has 19 heavy (non-hydrogen) atoms. The Balaban J connectivity index is 2.62. The summed E-state index contributed by atoms with van der Waals surface area (Å²) in [7, 11) is 2.00. The highest BCUT2D eigenvalue weighted by molar-refractivity contribution is 5.18. The molecule has 0 aromatic carbocycles. The van der Waals surface area contributed by atoms with Crippen molar-refractivity contribution in [2.45, 2.75) is 27.3 Å². The first kappa shape index (κ1) is 15.6. The van der Waals surface area contributed by atoms with Crippen molar-refractivity contribution in [3.8, 4) is 0 Å². The van der Waals surface area contributed by atoms with Crippen molar-refractivity contribution in [3.63, 3.8) is 0 Å². The summed E-state index contributed by atoms with van der Waals surface area (Å²) in [6.07, 6.45) is 1.30. The van der Waals surface area contributed by atoms with Gasteiger partial charge in [-0.25, -0.2) is 9.55 Å². The Morgan fingerprint density at radius 3 is 2.74 bits per heavy atom. The average Bonchev–Trinajstić information content (AvgIpc) is 2.67. The lowest BCUT2D eigenvalue weighted by Gasteiger charge is -2.28. The van der Waals surface area contributed by atoms with Gasteiger partial charge in [0.1, 0.15) is 12.7 Å². The van der Waals surface area contributed by atoms with Gasteiger partial charge < -0.3 is 20.7 Å². The van der Waals surface area contributed by atoms with E-state index in [0.717, 1.165) is 13.1 Å². The summed E-state index contributed by atoms with van der Waals surface area (Å²) in [5.41, 5.74) is 5.75. The number of aromatic nitrogens is 2. The van der Waals surface area contributed by atoms with E-state index in [9.17, 15) is 10.1 Å². The van der Waals surface area contributed by atoms with Crippen LogP contribution in [0.4, 0.5) is 5.82 Å². The SMILES string of the molecule is Cc1ncc([N+](=O)[O-])n1CCN(C)CC(C)(C)CN. The standard InChI is InChI=1S/C12H23N5O2/c1-10-14-7-11(17(18)19)16(10)6-5-15(4)9-12(2,3)8-13/h7H,5-6,8-9,13H2,1-4H3. The van der Waals surface area contributed by atoms with E-state index < -0.39 is 4.92 Å². The molecule has 0 atom stereocenters. The van der Waals surface area contributed by atoms with E-state index >= 15 is 0 Å². The predicted molar refractivity (Wildman–Crippen MR) is 74.0 cm³/mol. The smallest absolute Gasteiger partial charge is 0.342 e. The highest BCUT2D eigenvalue weighted by Gasteiger charge is 2.20. The van der Waals surface area contributed by atoms with E-state index in [1.807, 2.05) is 7.05 Å². The van der Waals surface area contributed by atoms with Crippen molar-refractivity contribution < 1.29 is 4.92 Å². The van der Waals surface area contributed by atoms with Gasteiger partial charge in [0, 0.05) is 20.0 Å². The summed E-state index contributed by atoms with van der Waals surface area (Å²) in [4.78, 5) is 16.6. The van der Waals surface area contributed by atoms with Gasteiger partial charge in [-0.1, -0.05) is 13.8 Å². The Hall–Kier alpha value is -1.47. The molecule has 0 fully saturated rings. The Bertz CT molecular complexity index is 441. The van der Waals surface area contributed by atoms with Crippen molar-refractivity contribution in [3.05, 3.63) is 22.1 Å². The fourth-order valence-electron chi connectivity index (χ4n) is 2.02. The van der Waals surface area contributed by atoms with Crippen LogP contribution in [0.1, 0.15) is 19.7 Å². The number of aryl methyl sites for hydroxylation is 1. The van der Waals surface area contributed by atoms with Crippen LogP contribution >= 0.6 is 0 Å². The zero-order chi connectivity index (χ0) is 14.6. The molecule has 108 valence electrons. The van der Waals surface area contributed by atoms with Crippen LogP contribution in [0.5, 0.6) is 0 Å². The molecule has 7 nitrogen and oxygen atoms in total. The van der Waals surface area contributed by atoms with Crippen LogP contribution in [0.3, 0.4) is 0 Å². The van der Waals surface area contributed by atoms with Gasteiger partial charge in [-0.05, 0) is 23.9 Å². The number of nitrogens with two attached hydrogens (primary N) is 1. The molecule has 1 heterocycles. The van der Waals surface area contributed by atoms with Gasteiger partial charge in [-0.2, -0.15) is 0 Å². The van der Waals surface area contributed by atoms with E-state index in [1.165, 1.54) is 6.20 Å². The molecule has 0 saturated carbocycles. The molecular weight excluding hydrogens is 246 g/mol. The first-order chi connectivity index (χ1) is 8.76. The molecule has 0 radical (unpaired) electrons. The van der Waals surface area contributed by atoms with E-state index in [0.29, 0.717) is 18.9 Å². The summed E-state index contributed by atoms with van der Waals surface area (Å²) in [5.74, 6) is 0.710. The molecule has 1 rings (SSSR count). The molecule has 1 aromatic heterocycles. The molecule has 0 amide bonds. The minimum absolute atomic E-state index is 0.0454. The van der Waals surface area contributed by atoms with E-state index in [2.05, 4.69) is 23.7 Å². The first-order valence-electron chi connectivity index (χ1n) is 6.32. The first-order valence-corrected chi connectivity index (χ1v) is 6.32. The number of rotatable bonds is 7. The normalized spacial score (nSPS) is 12.1. The fourth-order valence-corrected chi connectivity index (χ4v) is 2.02. The van der Waals surface area contributed by atoms with Gasteiger partial charge in [0.2, 0.25) is 0 Å². The molecule has 7 heteroatoms. The number of hydrogen-bond donors (Lipinski definition) is 1.